The zero-order valence-corrected chi connectivity index (χ0v) is 10.7. The highest BCUT2D eigenvalue weighted by atomic mass is 16.5. The first-order valence-electron chi connectivity index (χ1n) is 5.47. The number of rotatable bonds is 4. The van der Waals surface area contributed by atoms with Gasteiger partial charge in [-0.05, 0) is 12.5 Å². The van der Waals surface area contributed by atoms with Crippen LogP contribution in [-0.4, -0.2) is 24.1 Å². The van der Waals surface area contributed by atoms with E-state index >= 15 is 0 Å². The van der Waals surface area contributed by atoms with Crippen molar-refractivity contribution < 1.29 is 4.74 Å². The quantitative estimate of drug-likeness (QED) is 0.847. The lowest BCUT2D eigenvalue weighted by molar-refractivity contribution is 0.00860. The molecule has 1 unspecified atom stereocenters. The Hall–Kier alpha value is -1.00. The zero-order chi connectivity index (χ0) is 12.2. The molecule has 16 heavy (non-hydrogen) atoms. The van der Waals surface area contributed by atoms with Crippen molar-refractivity contribution in [2.75, 3.05) is 14.2 Å². The molecule has 0 aliphatic carbocycles. The Morgan fingerprint density at radius 1 is 1.31 bits per heavy atom. The van der Waals surface area contributed by atoms with E-state index < -0.39 is 0 Å². The molecule has 0 radical (unpaired) electrons. The van der Waals surface area contributed by atoms with Crippen LogP contribution in [0.4, 0.5) is 0 Å². The summed E-state index contributed by atoms with van der Waals surface area (Å²) in [5, 5.41) is 3.07. The molecule has 1 heterocycles. The van der Waals surface area contributed by atoms with E-state index in [4.69, 9.17) is 4.74 Å². The molecular formula is C12H21N3O. The van der Waals surface area contributed by atoms with Gasteiger partial charge in [0.05, 0.1) is 0 Å². The maximum atomic E-state index is 5.46. The number of hydrogen-bond donors (Lipinski definition) is 1. The summed E-state index contributed by atoms with van der Waals surface area (Å²) in [6.45, 7) is 7.14. The molecule has 1 N–H and O–H groups in total. The summed E-state index contributed by atoms with van der Waals surface area (Å²) >= 11 is 0. The Kier molecular flexibility index (Phi) is 4.38. The summed E-state index contributed by atoms with van der Waals surface area (Å²) in [7, 11) is 3.60. The van der Waals surface area contributed by atoms with Crippen LogP contribution in [0.15, 0.2) is 12.4 Å². The van der Waals surface area contributed by atoms with Crippen LogP contribution in [0.3, 0.4) is 0 Å². The summed E-state index contributed by atoms with van der Waals surface area (Å²) in [5.41, 5.74) is 1.08. The van der Waals surface area contributed by atoms with E-state index in [1.54, 1.807) is 7.11 Å². The highest BCUT2D eigenvalue weighted by Gasteiger charge is 2.28. The summed E-state index contributed by atoms with van der Waals surface area (Å²) in [5.74, 6) is 0.745. The Morgan fingerprint density at radius 2 is 1.88 bits per heavy atom. The third kappa shape index (κ3) is 3.25. The Bertz CT molecular complexity index is 316. The minimum Gasteiger partial charge on any atom is -0.373 e. The molecule has 0 saturated heterocycles. The molecule has 4 heteroatoms. The third-order valence-corrected chi connectivity index (χ3v) is 2.36. The van der Waals surface area contributed by atoms with Crippen molar-refractivity contribution in [2.45, 2.75) is 33.4 Å². The van der Waals surface area contributed by atoms with E-state index in [1.807, 2.05) is 19.4 Å². The van der Waals surface area contributed by atoms with Crippen molar-refractivity contribution in [3.63, 3.8) is 0 Å². The van der Waals surface area contributed by atoms with Gasteiger partial charge >= 0.3 is 0 Å². The van der Waals surface area contributed by atoms with Gasteiger partial charge in [-0.1, -0.05) is 20.8 Å². The van der Waals surface area contributed by atoms with E-state index in [0.29, 0.717) is 0 Å². The van der Waals surface area contributed by atoms with Crippen molar-refractivity contribution in [3.8, 4) is 0 Å². The first-order valence-corrected chi connectivity index (χ1v) is 5.47. The number of ether oxygens (including phenoxy) is 1. The molecule has 0 spiro atoms. The summed E-state index contributed by atoms with van der Waals surface area (Å²) in [6.07, 6.45) is 3.61. The van der Waals surface area contributed by atoms with Gasteiger partial charge in [0.2, 0.25) is 0 Å². The lowest BCUT2D eigenvalue weighted by Crippen LogP contribution is -2.22. The molecule has 0 bridgehead atoms. The third-order valence-electron chi connectivity index (χ3n) is 2.36. The van der Waals surface area contributed by atoms with Crippen LogP contribution in [0.25, 0.3) is 0 Å². The molecule has 1 atom stereocenters. The van der Waals surface area contributed by atoms with Crippen molar-refractivity contribution in [1.29, 1.82) is 0 Å². The molecule has 0 aromatic carbocycles. The largest absolute Gasteiger partial charge is 0.373 e. The lowest BCUT2D eigenvalue weighted by Gasteiger charge is -2.27. The van der Waals surface area contributed by atoms with E-state index in [-0.39, 0.29) is 11.5 Å². The second kappa shape index (κ2) is 5.37. The van der Waals surface area contributed by atoms with Gasteiger partial charge < -0.3 is 10.1 Å². The minimum atomic E-state index is -0.0730. The van der Waals surface area contributed by atoms with Crippen LogP contribution in [0.2, 0.25) is 0 Å². The number of methoxy groups -OCH3 is 1. The second-order valence-electron chi connectivity index (χ2n) is 4.96. The van der Waals surface area contributed by atoms with Crippen molar-refractivity contribution in [1.82, 2.24) is 15.3 Å². The van der Waals surface area contributed by atoms with Crippen LogP contribution >= 0.6 is 0 Å². The van der Waals surface area contributed by atoms with Gasteiger partial charge in [0.1, 0.15) is 6.10 Å². The van der Waals surface area contributed by atoms with Crippen LogP contribution in [0, 0.1) is 5.41 Å². The predicted octanol–water partition coefficient (Wildman–Crippen LogP) is 1.93. The fourth-order valence-corrected chi connectivity index (χ4v) is 1.64. The molecule has 4 nitrogen and oxygen atoms in total. The van der Waals surface area contributed by atoms with E-state index in [0.717, 1.165) is 17.9 Å². The summed E-state index contributed by atoms with van der Waals surface area (Å²) in [6, 6.07) is 0. The van der Waals surface area contributed by atoms with Crippen LogP contribution in [0.1, 0.15) is 38.3 Å². The molecule has 1 aromatic rings. The first-order chi connectivity index (χ1) is 7.49. The molecule has 0 amide bonds. The Balaban J connectivity index is 2.87. The molecular weight excluding hydrogens is 202 g/mol. The molecule has 90 valence electrons. The van der Waals surface area contributed by atoms with Gasteiger partial charge in [0.15, 0.2) is 5.82 Å². The number of aromatic nitrogens is 2. The van der Waals surface area contributed by atoms with E-state index in [9.17, 15) is 0 Å². The van der Waals surface area contributed by atoms with Gasteiger partial charge in [-0.2, -0.15) is 0 Å². The van der Waals surface area contributed by atoms with Crippen LogP contribution < -0.4 is 5.32 Å². The van der Waals surface area contributed by atoms with Crippen LogP contribution in [-0.2, 0) is 11.3 Å². The lowest BCUT2D eigenvalue weighted by atomic mass is 9.88. The topological polar surface area (TPSA) is 47.0 Å². The number of nitrogens with one attached hydrogen (secondary N) is 1. The van der Waals surface area contributed by atoms with Gasteiger partial charge in [0.25, 0.3) is 0 Å². The highest BCUT2D eigenvalue weighted by molar-refractivity contribution is 5.07. The first kappa shape index (κ1) is 13.1. The van der Waals surface area contributed by atoms with E-state index in [2.05, 4.69) is 36.1 Å². The number of nitrogens with zero attached hydrogens (tertiary/aromatic N) is 2. The summed E-state index contributed by atoms with van der Waals surface area (Å²) < 4.78 is 5.46. The normalized spacial score (nSPS) is 13.8. The Morgan fingerprint density at radius 3 is 2.25 bits per heavy atom. The van der Waals surface area contributed by atoms with Gasteiger partial charge in [0, 0.05) is 31.6 Å². The van der Waals surface area contributed by atoms with Crippen molar-refractivity contribution >= 4 is 0 Å². The predicted molar refractivity (Wildman–Crippen MR) is 64.0 cm³/mol. The van der Waals surface area contributed by atoms with E-state index in [1.165, 1.54) is 0 Å². The summed E-state index contributed by atoms with van der Waals surface area (Å²) in [4.78, 5) is 8.72. The molecule has 1 rings (SSSR count). The second-order valence-corrected chi connectivity index (χ2v) is 4.96. The maximum absolute atomic E-state index is 5.46. The monoisotopic (exact) mass is 223 g/mol. The van der Waals surface area contributed by atoms with Gasteiger partial charge in [-0.25, -0.2) is 9.97 Å². The molecule has 0 aliphatic heterocycles. The standard InChI is InChI=1S/C12H21N3O/c1-12(2,3)10(16-5)11-14-7-9(6-13-4)8-15-11/h7-8,10,13H,6H2,1-5H3. The fraction of sp³-hybridized carbons (Fsp3) is 0.667. The zero-order valence-electron chi connectivity index (χ0n) is 10.7. The smallest absolute Gasteiger partial charge is 0.157 e. The van der Waals surface area contributed by atoms with Crippen molar-refractivity contribution in [2.24, 2.45) is 5.41 Å². The average Bonchev–Trinajstić information content (AvgIpc) is 2.20. The average molecular weight is 223 g/mol. The molecule has 0 saturated carbocycles. The molecule has 1 aromatic heterocycles. The Labute approximate surface area is 97.5 Å². The molecule has 0 fully saturated rings. The van der Waals surface area contributed by atoms with Gasteiger partial charge in [-0.15, -0.1) is 0 Å². The number of hydrogen-bond acceptors (Lipinski definition) is 4. The molecule has 0 aliphatic rings. The maximum Gasteiger partial charge on any atom is 0.157 e. The van der Waals surface area contributed by atoms with Crippen LogP contribution in [0.5, 0.6) is 0 Å². The van der Waals surface area contributed by atoms with Crippen molar-refractivity contribution in [3.05, 3.63) is 23.8 Å². The van der Waals surface area contributed by atoms with Gasteiger partial charge in [-0.3, -0.25) is 0 Å². The minimum absolute atomic E-state index is 0.000721. The SMILES string of the molecule is CNCc1cnc(C(OC)C(C)(C)C)nc1. The fourth-order valence-electron chi connectivity index (χ4n) is 1.64. The highest BCUT2D eigenvalue weighted by Crippen LogP contribution is 2.33.